The summed E-state index contributed by atoms with van der Waals surface area (Å²) in [6, 6.07) is 0. The molecule has 5 fully saturated rings. The molecule has 31 heavy (non-hydrogen) atoms. The topological polar surface area (TPSA) is 64.6 Å². The van der Waals surface area contributed by atoms with Crippen LogP contribution in [0.5, 0.6) is 0 Å². The smallest absolute Gasteiger partial charge is 0.246 e. The summed E-state index contributed by atoms with van der Waals surface area (Å²) in [4.78, 5) is 25.5. The normalized spacial score (nSPS) is 43.1. The molecule has 3 atom stereocenters. The summed E-state index contributed by atoms with van der Waals surface area (Å²) in [7, 11) is 0. The van der Waals surface area contributed by atoms with E-state index in [1.54, 1.807) is 0 Å². The molecule has 0 aliphatic heterocycles. The number of hydrogen-bond acceptors (Lipinski definition) is 4. The lowest BCUT2D eigenvalue weighted by atomic mass is 9.62. The Morgan fingerprint density at radius 2 is 1.77 bits per heavy atom. The maximum atomic E-state index is 13.8. The van der Waals surface area contributed by atoms with Crippen molar-refractivity contribution in [3.63, 3.8) is 0 Å². The molecule has 0 aromatic rings. The van der Waals surface area contributed by atoms with Gasteiger partial charge in [0, 0.05) is 18.2 Å². The van der Waals surface area contributed by atoms with Gasteiger partial charge in [-0.1, -0.05) is 0 Å². The van der Waals surface area contributed by atoms with Crippen LogP contribution in [0.1, 0.15) is 77.0 Å². The molecule has 5 rings (SSSR count). The zero-order chi connectivity index (χ0) is 22.1. The number of rotatable bonds is 7. The van der Waals surface area contributed by atoms with E-state index in [0.717, 1.165) is 38.5 Å². The monoisotopic (exact) mass is 477 g/mol. The molecule has 0 spiro atoms. The van der Waals surface area contributed by atoms with Crippen molar-refractivity contribution < 1.29 is 23.5 Å². The molecule has 2 bridgehead atoms. The van der Waals surface area contributed by atoms with Gasteiger partial charge in [-0.2, -0.15) is 0 Å². The van der Waals surface area contributed by atoms with Crippen LogP contribution in [0, 0.1) is 5.92 Å². The number of carbonyl (C=O) groups is 2. The summed E-state index contributed by atoms with van der Waals surface area (Å²) in [5.41, 5.74) is -1.16. The first-order valence-electron chi connectivity index (χ1n) is 11.8. The minimum absolute atomic E-state index is 0.0642. The molecule has 0 radical (unpaired) electrons. The zero-order valence-corrected chi connectivity index (χ0v) is 19.6. The Labute approximate surface area is 194 Å². The average molecular weight is 478 g/mol. The Bertz CT molecular complexity index is 662. The number of ketones is 1. The van der Waals surface area contributed by atoms with Gasteiger partial charge >= 0.3 is 0 Å². The first-order valence-corrected chi connectivity index (χ1v) is 12.7. The summed E-state index contributed by atoms with van der Waals surface area (Å²) in [6.45, 7) is 0.550. The predicted molar refractivity (Wildman–Crippen MR) is 117 cm³/mol. The molecule has 8 heteroatoms. The Balaban J connectivity index is 1.23. The van der Waals surface area contributed by atoms with Crippen molar-refractivity contribution in [2.24, 2.45) is 5.92 Å². The zero-order valence-electron chi connectivity index (χ0n) is 18.1. The number of halogens is 3. The first-order chi connectivity index (χ1) is 14.8. The molecular formula is C23H34Cl2FNO4. The highest BCUT2D eigenvalue weighted by atomic mass is 35.5. The fourth-order valence-corrected chi connectivity index (χ4v) is 6.19. The van der Waals surface area contributed by atoms with Crippen LogP contribution >= 0.6 is 23.2 Å². The molecule has 0 heterocycles. The second-order valence-electron chi connectivity index (χ2n) is 10.1. The fraction of sp³-hybridized carbons (Fsp3) is 0.913. The number of alkyl halides is 3. The van der Waals surface area contributed by atoms with Gasteiger partial charge < -0.3 is 14.8 Å². The highest BCUT2D eigenvalue weighted by Crippen LogP contribution is 2.47. The van der Waals surface area contributed by atoms with Gasteiger partial charge in [0.15, 0.2) is 5.78 Å². The van der Waals surface area contributed by atoms with E-state index in [1.807, 2.05) is 0 Å². The van der Waals surface area contributed by atoms with E-state index in [-0.39, 0.29) is 36.4 Å². The van der Waals surface area contributed by atoms with Gasteiger partial charge in [-0.15, -0.1) is 23.2 Å². The van der Waals surface area contributed by atoms with Crippen molar-refractivity contribution in [3.8, 4) is 0 Å². The van der Waals surface area contributed by atoms with Crippen LogP contribution in [0.25, 0.3) is 0 Å². The summed E-state index contributed by atoms with van der Waals surface area (Å²) in [5.74, 6) is 0.293. The van der Waals surface area contributed by atoms with E-state index in [0.29, 0.717) is 50.0 Å². The lowest BCUT2D eigenvalue weighted by Crippen LogP contribution is -2.65. The highest BCUT2D eigenvalue weighted by molar-refractivity contribution is 6.21. The molecule has 5 saturated carbocycles. The summed E-state index contributed by atoms with van der Waals surface area (Å²) < 4.78 is 25.7. The third kappa shape index (κ3) is 5.56. The summed E-state index contributed by atoms with van der Waals surface area (Å²) in [6.07, 6.45) is 7.44. The SMILES string of the molecule is O=C(COC1CCC(Cl)C(F)C1)NC12CCC(OCC3CCC(Cl)CC3)(CC1)CC2=O. The maximum absolute atomic E-state index is 13.8. The molecule has 0 aromatic carbocycles. The highest BCUT2D eigenvalue weighted by Gasteiger charge is 2.55. The third-order valence-corrected chi connectivity index (χ3v) is 8.83. The van der Waals surface area contributed by atoms with Gasteiger partial charge in [0.2, 0.25) is 5.91 Å². The molecule has 5 nitrogen and oxygen atoms in total. The van der Waals surface area contributed by atoms with E-state index < -0.39 is 17.1 Å². The van der Waals surface area contributed by atoms with Crippen molar-refractivity contribution in [1.29, 1.82) is 0 Å². The molecule has 5 aliphatic rings. The number of ether oxygens (including phenoxy) is 2. The second kappa shape index (κ2) is 9.82. The number of fused-ring (bicyclic) bond motifs is 3. The van der Waals surface area contributed by atoms with Crippen molar-refractivity contribution in [3.05, 3.63) is 0 Å². The molecule has 176 valence electrons. The van der Waals surface area contributed by atoms with E-state index in [1.165, 1.54) is 0 Å². The first kappa shape index (κ1) is 23.7. The van der Waals surface area contributed by atoms with Crippen LogP contribution in [-0.4, -0.2) is 59.1 Å². The maximum Gasteiger partial charge on any atom is 0.246 e. The molecule has 1 amide bonds. The van der Waals surface area contributed by atoms with Crippen LogP contribution in [0.2, 0.25) is 0 Å². The molecule has 5 aliphatic carbocycles. The van der Waals surface area contributed by atoms with Crippen molar-refractivity contribution >= 4 is 34.9 Å². The number of Topliss-reactive ketones (excluding diaryl/α,β-unsaturated/α-hetero) is 1. The lowest BCUT2D eigenvalue weighted by molar-refractivity contribution is -0.164. The summed E-state index contributed by atoms with van der Waals surface area (Å²) in [5, 5.41) is 2.78. The van der Waals surface area contributed by atoms with Gasteiger partial charge in [0.05, 0.1) is 29.2 Å². The Morgan fingerprint density at radius 1 is 1.06 bits per heavy atom. The Morgan fingerprint density at radius 3 is 2.42 bits per heavy atom. The van der Waals surface area contributed by atoms with Crippen molar-refractivity contribution in [2.45, 2.75) is 111 Å². The van der Waals surface area contributed by atoms with Gasteiger partial charge in [-0.25, -0.2) is 4.39 Å². The van der Waals surface area contributed by atoms with Crippen molar-refractivity contribution in [1.82, 2.24) is 5.32 Å². The minimum atomic E-state index is -1.10. The molecule has 1 N–H and O–H groups in total. The lowest BCUT2D eigenvalue weighted by Gasteiger charge is -2.52. The van der Waals surface area contributed by atoms with Gasteiger partial charge in [-0.3, -0.25) is 9.59 Å². The molecule has 0 aromatic heterocycles. The average Bonchev–Trinajstić information content (AvgIpc) is 2.76. The van der Waals surface area contributed by atoms with Crippen molar-refractivity contribution in [2.75, 3.05) is 13.2 Å². The van der Waals surface area contributed by atoms with Crippen LogP contribution in [-0.2, 0) is 19.1 Å². The van der Waals surface area contributed by atoms with Crippen LogP contribution < -0.4 is 5.32 Å². The quantitative estimate of drug-likeness (QED) is 0.549. The fourth-order valence-electron chi connectivity index (χ4n) is 5.71. The number of nitrogens with one attached hydrogen (secondary N) is 1. The largest absolute Gasteiger partial charge is 0.374 e. The van der Waals surface area contributed by atoms with E-state index in [9.17, 15) is 14.0 Å². The molecular weight excluding hydrogens is 444 g/mol. The minimum Gasteiger partial charge on any atom is -0.374 e. The predicted octanol–water partition coefficient (Wildman–Crippen LogP) is 4.46. The van der Waals surface area contributed by atoms with Gasteiger partial charge in [0.25, 0.3) is 0 Å². The summed E-state index contributed by atoms with van der Waals surface area (Å²) >= 11 is 12.1. The molecule has 3 unspecified atom stereocenters. The van der Waals surface area contributed by atoms with Gasteiger partial charge in [0.1, 0.15) is 12.8 Å². The van der Waals surface area contributed by atoms with E-state index in [4.69, 9.17) is 32.7 Å². The van der Waals surface area contributed by atoms with Crippen LogP contribution in [0.15, 0.2) is 0 Å². The van der Waals surface area contributed by atoms with Crippen LogP contribution in [0.3, 0.4) is 0 Å². The standard InChI is InChI=1S/C23H34Cl2FNO4/c24-16-3-1-15(2-4-16)13-31-22-7-9-23(10-8-22,20(28)12-22)27-21(29)14-30-17-5-6-18(25)19(26)11-17/h15-19H,1-14H2,(H,27,29). The Hall–Kier alpha value is -0.430. The van der Waals surface area contributed by atoms with Crippen LogP contribution in [0.4, 0.5) is 4.39 Å². The van der Waals surface area contributed by atoms with E-state index >= 15 is 0 Å². The number of amides is 1. The second-order valence-corrected chi connectivity index (χ2v) is 11.3. The number of carbonyl (C=O) groups excluding carboxylic acids is 2. The number of hydrogen-bond donors (Lipinski definition) is 1. The van der Waals surface area contributed by atoms with E-state index in [2.05, 4.69) is 5.32 Å². The van der Waals surface area contributed by atoms with Gasteiger partial charge in [-0.05, 0) is 70.1 Å². The molecule has 0 saturated heterocycles. The third-order valence-electron chi connectivity index (χ3n) is 7.91. The Kier molecular flexibility index (Phi) is 7.52.